The first-order valence-corrected chi connectivity index (χ1v) is 10.3. The zero-order chi connectivity index (χ0) is 20.6. The largest absolute Gasteiger partial charge is 0.497 e. The van der Waals surface area contributed by atoms with E-state index in [1.807, 2.05) is 31.2 Å². The van der Waals surface area contributed by atoms with E-state index in [9.17, 15) is 5.11 Å². The Kier molecular flexibility index (Phi) is 11.3. The fourth-order valence-corrected chi connectivity index (χ4v) is 3.69. The van der Waals surface area contributed by atoms with Gasteiger partial charge in [0.1, 0.15) is 5.75 Å². The Labute approximate surface area is 192 Å². The lowest BCUT2D eigenvalue weighted by atomic mass is 9.78. The number of aliphatic imine (C=N–C) groups is 1. The molecule has 0 bridgehead atoms. The minimum Gasteiger partial charge on any atom is -0.497 e. The number of aliphatic hydroxyl groups is 1. The molecule has 2 rings (SSSR count). The maximum Gasteiger partial charge on any atom is 0.191 e. The topological polar surface area (TPSA) is 75.1 Å². The molecule has 1 aliphatic heterocycles. The van der Waals surface area contributed by atoms with Crippen molar-refractivity contribution < 1.29 is 14.6 Å². The maximum atomic E-state index is 10.4. The van der Waals surface area contributed by atoms with E-state index in [2.05, 4.69) is 36.4 Å². The first-order chi connectivity index (χ1) is 13.3. The Morgan fingerprint density at radius 1 is 1.28 bits per heavy atom. The van der Waals surface area contributed by atoms with E-state index in [4.69, 9.17) is 9.47 Å². The molecule has 7 heteroatoms. The first-order valence-electron chi connectivity index (χ1n) is 10.3. The van der Waals surface area contributed by atoms with Gasteiger partial charge in [-0.3, -0.25) is 4.99 Å². The Balaban J connectivity index is 0.00000420. The van der Waals surface area contributed by atoms with Crippen LogP contribution in [0.5, 0.6) is 5.75 Å². The van der Waals surface area contributed by atoms with Crippen LogP contribution in [-0.2, 0) is 4.74 Å². The van der Waals surface area contributed by atoms with E-state index in [-0.39, 0.29) is 35.5 Å². The van der Waals surface area contributed by atoms with Gasteiger partial charge in [-0.15, -0.1) is 24.0 Å². The van der Waals surface area contributed by atoms with Crippen molar-refractivity contribution in [3.63, 3.8) is 0 Å². The zero-order valence-corrected chi connectivity index (χ0v) is 20.7. The molecule has 3 atom stereocenters. The highest BCUT2D eigenvalue weighted by atomic mass is 127. The highest BCUT2D eigenvalue weighted by molar-refractivity contribution is 14.0. The lowest BCUT2D eigenvalue weighted by Crippen LogP contribution is -2.47. The number of methoxy groups -OCH3 is 1. The number of aliphatic hydroxyl groups excluding tert-OH is 1. The van der Waals surface area contributed by atoms with E-state index in [1.54, 1.807) is 7.11 Å². The smallest absolute Gasteiger partial charge is 0.191 e. The van der Waals surface area contributed by atoms with Crippen molar-refractivity contribution in [1.29, 1.82) is 0 Å². The summed E-state index contributed by atoms with van der Waals surface area (Å²) < 4.78 is 11.2. The predicted molar refractivity (Wildman–Crippen MR) is 129 cm³/mol. The Morgan fingerprint density at radius 3 is 2.55 bits per heavy atom. The highest BCUT2D eigenvalue weighted by Gasteiger charge is 2.35. The van der Waals surface area contributed by atoms with Crippen LogP contribution in [0.25, 0.3) is 0 Å². The van der Waals surface area contributed by atoms with Crippen LogP contribution in [0, 0.1) is 11.3 Å². The average Bonchev–Trinajstić information content (AvgIpc) is 2.69. The summed E-state index contributed by atoms with van der Waals surface area (Å²) in [6.07, 6.45) is 1.84. The summed E-state index contributed by atoms with van der Waals surface area (Å²) in [7, 11) is 1.63. The number of ether oxygens (including phenoxy) is 2. The molecule has 0 spiro atoms. The van der Waals surface area contributed by atoms with Gasteiger partial charge in [-0.1, -0.05) is 32.9 Å². The van der Waals surface area contributed by atoms with Gasteiger partial charge in [-0.05, 0) is 42.9 Å². The third-order valence-corrected chi connectivity index (χ3v) is 5.10. The van der Waals surface area contributed by atoms with Crippen LogP contribution >= 0.6 is 24.0 Å². The number of rotatable bonds is 7. The third kappa shape index (κ3) is 8.30. The third-order valence-electron chi connectivity index (χ3n) is 5.10. The fourth-order valence-electron chi connectivity index (χ4n) is 3.69. The van der Waals surface area contributed by atoms with Gasteiger partial charge >= 0.3 is 0 Å². The number of benzene rings is 1. The summed E-state index contributed by atoms with van der Waals surface area (Å²) in [6, 6.07) is 7.43. The molecule has 29 heavy (non-hydrogen) atoms. The molecular weight excluding hydrogens is 481 g/mol. The van der Waals surface area contributed by atoms with Gasteiger partial charge < -0.3 is 25.2 Å². The molecular formula is C22H38IN3O3. The second-order valence-corrected chi connectivity index (χ2v) is 8.45. The average molecular weight is 519 g/mol. The van der Waals surface area contributed by atoms with Gasteiger partial charge in [0.15, 0.2) is 5.96 Å². The SMILES string of the molecule is CCNC(=NCC(O)c1ccc(OC)cc1)NCC1CCCOC1C(C)(C)C.I. The van der Waals surface area contributed by atoms with E-state index >= 15 is 0 Å². The monoisotopic (exact) mass is 519 g/mol. The zero-order valence-electron chi connectivity index (χ0n) is 18.4. The van der Waals surface area contributed by atoms with Gasteiger partial charge in [0.25, 0.3) is 0 Å². The number of halogens is 1. The number of hydrogen-bond acceptors (Lipinski definition) is 4. The lowest BCUT2D eigenvalue weighted by molar-refractivity contribution is -0.0835. The van der Waals surface area contributed by atoms with Crippen molar-refractivity contribution in [2.75, 3.05) is 33.4 Å². The molecule has 1 aromatic carbocycles. The van der Waals surface area contributed by atoms with Gasteiger partial charge in [-0.2, -0.15) is 0 Å². The van der Waals surface area contributed by atoms with Gasteiger partial charge in [0.05, 0.1) is 25.9 Å². The molecule has 3 N–H and O–H groups in total. The molecule has 0 amide bonds. The summed E-state index contributed by atoms with van der Waals surface area (Å²) in [5.41, 5.74) is 0.946. The Morgan fingerprint density at radius 2 is 1.97 bits per heavy atom. The van der Waals surface area contributed by atoms with Crippen LogP contribution in [0.3, 0.4) is 0 Å². The molecule has 1 fully saturated rings. The quantitative estimate of drug-likeness (QED) is 0.291. The summed E-state index contributed by atoms with van der Waals surface area (Å²) >= 11 is 0. The minimum absolute atomic E-state index is 0. The minimum atomic E-state index is -0.651. The van der Waals surface area contributed by atoms with Crippen LogP contribution in [0.4, 0.5) is 0 Å². The Hall–Kier alpha value is -1.06. The van der Waals surface area contributed by atoms with Crippen LogP contribution in [0.1, 0.15) is 52.2 Å². The van der Waals surface area contributed by atoms with Crippen molar-refractivity contribution in [1.82, 2.24) is 10.6 Å². The molecule has 0 aliphatic carbocycles. The molecule has 1 heterocycles. The number of guanidine groups is 1. The molecule has 6 nitrogen and oxygen atoms in total. The number of nitrogens with one attached hydrogen (secondary N) is 2. The van der Waals surface area contributed by atoms with E-state index in [0.717, 1.165) is 49.8 Å². The maximum absolute atomic E-state index is 10.4. The molecule has 1 aliphatic rings. The molecule has 1 saturated heterocycles. The normalized spacial score (nSPS) is 21.1. The summed E-state index contributed by atoms with van der Waals surface area (Å²) in [5, 5.41) is 17.2. The van der Waals surface area contributed by atoms with E-state index in [1.165, 1.54) is 0 Å². The van der Waals surface area contributed by atoms with E-state index < -0.39 is 6.10 Å². The molecule has 0 aromatic heterocycles. The fraction of sp³-hybridized carbons (Fsp3) is 0.682. The van der Waals surface area contributed by atoms with Gasteiger partial charge in [0.2, 0.25) is 0 Å². The van der Waals surface area contributed by atoms with Crippen molar-refractivity contribution in [2.24, 2.45) is 16.3 Å². The second-order valence-electron chi connectivity index (χ2n) is 8.45. The molecule has 0 radical (unpaired) electrons. The van der Waals surface area contributed by atoms with Crippen molar-refractivity contribution >= 4 is 29.9 Å². The Bertz CT molecular complexity index is 617. The molecule has 1 aromatic rings. The number of nitrogens with zero attached hydrogens (tertiary/aromatic N) is 1. The molecule has 0 saturated carbocycles. The molecule has 3 unspecified atom stereocenters. The molecule has 166 valence electrons. The van der Waals surface area contributed by atoms with Crippen LogP contribution in [0.2, 0.25) is 0 Å². The van der Waals surface area contributed by atoms with Gasteiger partial charge in [0, 0.05) is 25.6 Å². The lowest BCUT2D eigenvalue weighted by Gasteiger charge is -2.40. The summed E-state index contributed by atoms with van der Waals surface area (Å²) in [5.74, 6) is 1.95. The van der Waals surface area contributed by atoms with Crippen LogP contribution in [0.15, 0.2) is 29.3 Å². The number of hydrogen-bond donors (Lipinski definition) is 3. The van der Waals surface area contributed by atoms with Crippen molar-refractivity contribution in [3.8, 4) is 5.75 Å². The predicted octanol–water partition coefficient (Wildman–Crippen LogP) is 3.74. The first kappa shape index (κ1) is 26.0. The highest BCUT2D eigenvalue weighted by Crippen LogP contribution is 2.33. The summed E-state index contributed by atoms with van der Waals surface area (Å²) in [4.78, 5) is 4.58. The van der Waals surface area contributed by atoms with Crippen LogP contribution in [-0.4, -0.2) is 50.5 Å². The van der Waals surface area contributed by atoms with Crippen molar-refractivity contribution in [3.05, 3.63) is 29.8 Å². The summed E-state index contributed by atoms with van der Waals surface area (Å²) in [6.45, 7) is 11.5. The standard InChI is InChI=1S/C22H37N3O3.HI/c1-6-23-21(24-14-17-8-7-13-28-20(17)22(2,3)4)25-15-19(26)16-9-11-18(27-5)12-10-16;/h9-12,17,19-20,26H,6-8,13-15H2,1-5H3,(H2,23,24,25);1H. The van der Waals surface area contributed by atoms with Gasteiger partial charge in [-0.25, -0.2) is 0 Å². The van der Waals surface area contributed by atoms with Crippen molar-refractivity contribution in [2.45, 2.75) is 52.7 Å². The van der Waals surface area contributed by atoms with Crippen LogP contribution < -0.4 is 15.4 Å². The van der Waals surface area contributed by atoms with E-state index in [0.29, 0.717) is 12.5 Å². The second kappa shape index (κ2) is 12.6.